The molecule has 112 valence electrons. The van der Waals surface area contributed by atoms with Gasteiger partial charge in [0.25, 0.3) is 0 Å². The number of amides is 2. The van der Waals surface area contributed by atoms with Gasteiger partial charge < -0.3 is 10.2 Å². The standard InChI is InChI=1S/C17H22N2O2/c1-12(14-7-8-14)19(11-13-5-3-2-4-6-13)17(21)15-9-16(20)18-10-15/h2-6,12,14-15H,7-11H2,1H3,(H,18,20). The monoisotopic (exact) mass is 286 g/mol. The van der Waals surface area contributed by atoms with Crippen LogP contribution in [0.2, 0.25) is 0 Å². The van der Waals surface area contributed by atoms with Crippen molar-refractivity contribution in [3.8, 4) is 0 Å². The molecular formula is C17H22N2O2. The first-order chi connectivity index (χ1) is 10.1. The van der Waals surface area contributed by atoms with E-state index in [0.29, 0.717) is 25.4 Å². The second-order valence-electron chi connectivity index (χ2n) is 6.23. The van der Waals surface area contributed by atoms with E-state index < -0.39 is 0 Å². The predicted octanol–water partition coefficient (Wildman–Crippen LogP) is 1.95. The van der Waals surface area contributed by atoms with Crippen LogP contribution in [0.1, 0.15) is 31.7 Å². The lowest BCUT2D eigenvalue weighted by Gasteiger charge is -2.31. The van der Waals surface area contributed by atoms with Crippen molar-refractivity contribution >= 4 is 11.8 Å². The van der Waals surface area contributed by atoms with Crippen LogP contribution in [0, 0.1) is 11.8 Å². The molecule has 2 fully saturated rings. The Hall–Kier alpha value is -1.84. The van der Waals surface area contributed by atoms with Crippen LogP contribution in [0.3, 0.4) is 0 Å². The number of nitrogens with one attached hydrogen (secondary N) is 1. The SMILES string of the molecule is CC(C1CC1)N(Cc1ccccc1)C(=O)C1CNC(=O)C1. The lowest BCUT2D eigenvalue weighted by atomic mass is 10.0. The van der Waals surface area contributed by atoms with E-state index in [9.17, 15) is 9.59 Å². The van der Waals surface area contributed by atoms with Gasteiger partial charge in [-0.05, 0) is 31.2 Å². The lowest BCUT2D eigenvalue weighted by molar-refractivity contribution is -0.139. The van der Waals surface area contributed by atoms with Crippen molar-refractivity contribution in [2.24, 2.45) is 11.8 Å². The largest absolute Gasteiger partial charge is 0.355 e. The first kappa shape index (κ1) is 14.1. The first-order valence-corrected chi connectivity index (χ1v) is 7.76. The Balaban J connectivity index is 1.75. The Morgan fingerprint density at radius 1 is 1.33 bits per heavy atom. The molecule has 4 heteroatoms. The molecule has 0 bridgehead atoms. The van der Waals surface area contributed by atoms with Crippen molar-refractivity contribution in [1.29, 1.82) is 0 Å². The summed E-state index contributed by atoms with van der Waals surface area (Å²) < 4.78 is 0. The maximum absolute atomic E-state index is 12.8. The summed E-state index contributed by atoms with van der Waals surface area (Å²) in [5.74, 6) is 0.550. The Labute approximate surface area is 125 Å². The molecule has 1 aliphatic heterocycles. The average molecular weight is 286 g/mol. The van der Waals surface area contributed by atoms with Crippen LogP contribution in [-0.4, -0.2) is 29.3 Å². The van der Waals surface area contributed by atoms with E-state index in [1.54, 1.807) is 0 Å². The molecule has 21 heavy (non-hydrogen) atoms. The predicted molar refractivity (Wildman–Crippen MR) is 80.3 cm³/mol. The molecule has 1 saturated carbocycles. The molecule has 1 aromatic carbocycles. The fourth-order valence-corrected chi connectivity index (χ4v) is 3.05. The Bertz CT molecular complexity index is 525. The van der Waals surface area contributed by atoms with Gasteiger partial charge in [-0.25, -0.2) is 0 Å². The number of rotatable bonds is 5. The van der Waals surface area contributed by atoms with E-state index in [0.717, 1.165) is 5.56 Å². The highest BCUT2D eigenvalue weighted by atomic mass is 16.2. The molecule has 2 amide bonds. The van der Waals surface area contributed by atoms with Gasteiger partial charge in [-0.1, -0.05) is 30.3 Å². The fourth-order valence-electron chi connectivity index (χ4n) is 3.05. The Morgan fingerprint density at radius 3 is 2.62 bits per heavy atom. The molecule has 2 atom stereocenters. The summed E-state index contributed by atoms with van der Waals surface area (Å²) >= 11 is 0. The van der Waals surface area contributed by atoms with Crippen LogP contribution < -0.4 is 5.32 Å². The number of benzene rings is 1. The van der Waals surface area contributed by atoms with Gasteiger partial charge in [-0.15, -0.1) is 0 Å². The Kier molecular flexibility index (Phi) is 3.95. The zero-order chi connectivity index (χ0) is 14.8. The molecule has 1 heterocycles. The summed E-state index contributed by atoms with van der Waals surface area (Å²) in [5, 5.41) is 2.77. The zero-order valence-corrected chi connectivity index (χ0v) is 12.4. The van der Waals surface area contributed by atoms with Gasteiger partial charge in [0.2, 0.25) is 11.8 Å². The molecule has 0 aromatic heterocycles. The van der Waals surface area contributed by atoms with Crippen molar-refractivity contribution in [2.75, 3.05) is 6.54 Å². The van der Waals surface area contributed by atoms with Crippen LogP contribution in [0.4, 0.5) is 0 Å². The summed E-state index contributed by atoms with van der Waals surface area (Å²) in [6.07, 6.45) is 2.75. The van der Waals surface area contributed by atoms with E-state index in [2.05, 4.69) is 24.4 Å². The maximum atomic E-state index is 12.8. The highest BCUT2D eigenvalue weighted by Crippen LogP contribution is 2.36. The number of hydrogen-bond acceptors (Lipinski definition) is 2. The minimum absolute atomic E-state index is 0.00733. The third-order valence-electron chi connectivity index (χ3n) is 4.60. The van der Waals surface area contributed by atoms with Gasteiger partial charge >= 0.3 is 0 Å². The van der Waals surface area contributed by atoms with E-state index in [-0.39, 0.29) is 23.8 Å². The second kappa shape index (κ2) is 5.88. The smallest absolute Gasteiger partial charge is 0.228 e. The molecule has 0 radical (unpaired) electrons. The molecule has 2 aliphatic rings. The average Bonchev–Trinajstić information content (AvgIpc) is 3.26. The summed E-state index contributed by atoms with van der Waals surface area (Å²) in [7, 11) is 0. The highest BCUT2D eigenvalue weighted by Gasteiger charge is 2.38. The van der Waals surface area contributed by atoms with Crippen LogP contribution in [0.15, 0.2) is 30.3 Å². The van der Waals surface area contributed by atoms with Crippen LogP contribution >= 0.6 is 0 Å². The third kappa shape index (κ3) is 3.26. The second-order valence-corrected chi connectivity index (χ2v) is 6.23. The van der Waals surface area contributed by atoms with E-state index >= 15 is 0 Å². The fraction of sp³-hybridized carbons (Fsp3) is 0.529. The number of carbonyl (C=O) groups excluding carboxylic acids is 2. The molecular weight excluding hydrogens is 264 g/mol. The summed E-state index contributed by atoms with van der Waals surface area (Å²) in [4.78, 5) is 26.2. The first-order valence-electron chi connectivity index (χ1n) is 7.76. The quantitative estimate of drug-likeness (QED) is 0.899. The topological polar surface area (TPSA) is 49.4 Å². The van der Waals surface area contributed by atoms with E-state index in [1.807, 2.05) is 23.1 Å². The minimum Gasteiger partial charge on any atom is -0.355 e. The van der Waals surface area contributed by atoms with Crippen molar-refractivity contribution in [3.05, 3.63) is 35.9 Å². The molecule has 0 spiro atoms. The highest BCUT2D eigenvalue weighted by molar-refractivity contribution is 5.89. The zero-order valence-electron chi connectivity index (χ0n) is 12.4. The van der Waals surface area contributed by atoms with Gasteiger partial charge in [0, 0.05) is 25.6 Å². The van der Waals surface area contributed by atoms with Gasteiger partial charge in [0.15, 0.2) is 0 Å². The number of hydrogen-bond donors (Lipinski definition) is 1. The van der Waals surface area contributed by atoms with Crippen molar-refractivity contribution in [2.45, 2.75) is 38.8 Å². The van der Waals surface area contributed by atoms with Crippen LogP contribution in [-0.2, 0) is 16.1 Å². The number of nitrogens with zero attached hydrogens (tertiary/aromatic N) is 1. The van der Waals surface area contributed by atoms with E-state index in [4.69, 9.17) is 0 Å². The normalized spacial score (nSPS) is 22.7. The summed E-state index contributed by atoms with van der Waals surface area (Å²) in [5.41, 5.74) is 1.15. The van der Waals surface area contributed by atoms with Gasteiger partial charge in [0.1, 0.15) is 0 Å². The third-order valence-corrected chi connectivity index (χ3v) is 4.60. The molecule has 1 saturated heterocycles. The molecule has 3 rings (SSSR count). The minimum atomic E-state index is -0.192. The number of carbonyl (C=O) groups is 2. The molecule has 1 aliphatic carbocycles. The summed E-state index contributed by atoms with van der Waals surface area (Å²) in [6, 6.07) is 10.4. The molecule has 2 unspecified atom stereocenters. The summed E-state index contributed by atoms with van der Waals surface area (Å²) in [6.45, 7) is 3.27. The van der Waals surface area contributed by atoms with E-state index in [1.165, 1.54) is 12.8 Å². The van der Waals surface area contributed by atoms with Crippen LogP contribution in [0.5, 0.6) is 0 Å². The van der Waals surface area contributed by atoms with Gasteiger partial charge in [0.05, 0.1) is 5.92 Å². The Morgan fingerprint density at radius 2 is 2.05 bits per heavy atom. The van der Waals surface area contributed by atoms with Crippen molar-refractivity contribution in [1.82, 2.24) is 10.2 Å². The molecule has 1 aromatic rings. The lowest BCUT2D eigenvalue weighted by Crippen LogP contribution is -2.43. The maximum Gasteiger partial charge on any atom is 0.228 e. The van der Waals surface area contributed by atoms with Crippen molar-refractivity contribution < 1.29 is 9.59 Å². The van der Waals surface area contributed by atoms with Gasteiger partial charge in [-0.2, -0.15) is 0 Å². The van der Waals surface area contributed by atoms with Crippen molar-refractivity contribution in [3.63, 3.8) is 0 Å². The molecule has 1 N–H and O–H groups in total. The van der Waals surface area contributed by atoms with Crippen LogP contribution in [0.25, 0.3) is 0 Å². The van der Waals surface area contributed by atoms with Gasteiger partial charge in [-0.3, -0.25) is 9.59 Å². The molecule has 4 nitrogen and oxygen atoms in total.